The lowest BCUT2D eigenvalue weighted by Crippen LogP contribution is -2.48. The maximum atomic E-state index is 12.6. The molecule has 3 rings (SSSR count). The van der Waals surface area contributed by atoms with Crippen LogP contribution in [0.3, 0.4) is 0 Å². The first-order valence-corrected chi connectivity index (χ1v) is 8.02. The largest absolute Gasteiger partial charge is 0.477 e. The van der Waals surface area contributed by atoms with E-state index in [4.69, 9.17) is 15.2 Å². The number of anilines is 2. The minimum Gasteiger partial charge on any atom is -0.477 e. The number of benzene rings is 1. The number of aromatic nitrogens is 1. The number of hydrogen-bond acceptors (Lipinski definition) is 6. The van der Waals surface area contributed by atoms with Gasteiger partial charge >= 0.3 is 5.97 Å². The van der Waals surface area contributed by atoms with Gasteiger partial charge in [-0.1, -0.05) is 37.3 Å². The molecule has 0 spiro atoms. The van der Waals surface area contributed by atoms with E-state index in [9.17, 15) is 9.59 Å². The Labute approximate surface area is 145 Å². The van der Waals surface area contributed by atoms with Gasteiger partial charge in [0.2, 0.25) is 0 Å². The number of esters is 1. The predicted octanol–water partition coefficient (Wildman–Crippen LogP) is 1.91. The van der Waals surface area contributed by atoms with Gasteiger partial charge in [0, 0.05) is 0 Å². The summed E-state index contributed by atoms with van der Waals surface area (Å²) in [6.07, 6.45) is -0.169. The molecule has 1 aromatic heterocycles. The summed E-state index contributed by atoms with van der Waals surface area (Å²) in [6.45, 7) is 1.74. The van der Waals surface area contributed by atoms with Gasteiger partial charge in [-0.15, -0.1) is 0 Å². The summed E-state index contributed by atoms with van der Waals surface area (Å²) in [5.41, 5.74) is 6.57. The lowest BCUT2D eigenvalue weighted by Gasteiger charge is -2.32. The molecule has 0 saturated heterocycles. The summed E-state index contributed by atoms with van der Waals surface area (Å²) in [4.78, 5) is 30.2. The molecule has 1 amide bonds. The van der Waals surface area contributed by atoms with E-state index in [2.05, 4.69) is 4.98 Å². The van der Waals surface area contributed by atoms with Gasteiger partial charge in [-0.05, 0) is 24.1 Å². The highest BCUT2D eigenvalue weighted by atomic mass is 16.5. The van der Waals surface area contributed by atoms with Gasteiger partial charge in [0.05, 0.1) is 0 Å². The summed E-state index contributed by atoms with van der Waals surface area (Å²) >= 11 is 0. The van der Waals surface area contributed by atoms with Crippen LogP contribution in [0.15, 0.2) is 42.5 Å². The first kappa shape index (κ1) is 16.8. The molecule has 1 aromatic carbocycles. The van der Waals surface area contributed by atoms with E-state index in [-0.39, 0.29) is 30.7 Å². The molecule has 130 valence electrons. The highest BCUT2D eigenvalue weighted by Crippen LogP contribution is 2.33. The van der Waals surface area contributed by atoms with Gasteiger partial charge in [-0.25, -0.2) is 4.98 Å². The molecular formula is C18H19N3O4. The van der Waals surface area contributed by atoms with E-state index < -0.39 is 12.1 Å². The van der Waals surface area contributed by atoms with Crippen LogP contribution in [0.1, 0.15) is 18.9 Å². The van der Waals surface area contributed by atoms with Gasteiger partial charge < -0.3 is 15.2 Å². The predicted molar refractivity (Wildman–Crippen MR) is 91.9 cm³/mol. The summed E-state index contributed by atoms with van der Waals surface area (Å²) in [6, 6.07) is 12.6. The third kappa shape index (κ3) is 3.71. The van der Waals surface area contributed by atoms with Crippen LogP contribution in [0.2, 0.25) is 0 Å². The number of ether oxygens (including phenoxy) is 2. The van der Waals surface area contributed by atoms with E-state index in [1.165, 1.54) is 4.90 Å². The van der Waals surface area contributed by atoms with E-state index in [1.807, 2.05) is 37.3 Å². The number of rotatable bonds is 5. The lowest BCUT2D eigenvalue weighted by molar-refractivity contribution is -0.144. The van der Waals surface area contributed by atoms with Crippen molar-refractivity contribution in [1.29, 1.82) is 0 Å². The van der Waals surface area contributed by atoms with Crippen LogP contribution in [-0.2, 0) is 20.9 Å². The second kappa shape index (κ2) is 7.21. The van der Waals surface area contributed by atoms with Crippen molar-refractivity contribution in [2.24, 2.45) is 0 Å². The van der Waals surface area contributed by atoms with E-state index in [0.29, 0.717) is 12.2 Å². The fourth-order valence-corrected chi connectivity index (χ4v) is 2.54. The van der Waals surface area contributed by atoms with Gasteiger partial charge in [0.25, 0.3) is 5.91 Å². The molecule has 0 bridgehead atoms. The number of nitrogens with zero attached hydrogens (tertiary/aromatic N) is 2. The summed E-state index contributed by atoms with van der Waals surface area (Å²) < 4.78 is 10.9. The van der Waals surface area contributed by atoms with Crippen molar-refractivity contribution in [2.45, 2.75) is 26.1 Å². The summed E-state index contributed by atoms with van der Waals surface area (Å²) in [5, 5.41) is 0. The minimum absolute atomic E-state index is 0.145. The Bertz CT molecular complexity index is 779. The Hall–Kier alpha value is -3.09. The third-order valence-electron chi connectivity index (χ3n) is 3.83. The zero-order valence-electron chi connectivity index (χ0n) is 13.8. The van der Waals surface area contributed by atoms with E-state index in [0.717, 1.165) is 5.56 Å². The van der Waals surface area contributed by atoms with Crippen LogP contribution in [0, 0.1) is 0 Å². The molecule has 1 atom stereocenters. The second-order valence-corrected chi connectivity index (χ2v) is 5.64. The van der Waals surface area contributed by atoms with Gasteiger partial charge in [0.15, 0.2) is 17.7 Å². The van der Waals surface area contributed by atoms with Crippen molar-refractivity contribution in [1.82, 2.24) is 4.98 Å². The van der Waals surface area contributed by atoms with Crippen LogP contribution in [0.25, 0.3) is 0 Å². The van der Waals surface area contributed by atoms with Crippen LogP contribution in [0.4, 0.5) is 11.6 Å². The molecule has 25 heavy (non-hydrogen) atoms. The molecular weight excluding hydrogens is 322 g/mol. The Kier molecular flexibility index (Phi) is 4.83. The Morgan fingerprint density at radius 2 is 2.04 bits per heavy atom. The highest BCUT2D eigenvalue weighted by Gasteiger charge is 2.36. The van der Waals surface area contributed by atoms with Crippen molar-refractivity contribution in [3.05, 3.63) is 48.0 Å². The SMILES string of the molecule is CCC1Oc2ccc(N)nc2N(CC(=O)OCc2ccccc2)C1=O. The maximum absolute atomic E-state index is 12.6. The molecule has 1 aliphatic heterocycles. The number of hydrogen-bond donors (Lipinski definition) is 1. The molecule has 2 aromatic rings. The molecule has 0 radical (unpaired) electrons. The minimum atomic E-state index is -0.653. The fraction of sp³-hybridized carbons (Fsp3) is 0.278. The average Bonchev–Trinajstić information content (AvgIpc) is 2.63. The number of nitrogen functional groups attached to an aromatic ring is 1. The molecule has 7 heteroatoms. The van der Waals surface area contributed by atoms with E-state index in [1.54, 1.807) is 12.1 Å². The van der Waals surface area contributed by atoms with Gasteiger partial charge in [-0.2, -0.15) is 0 Å². The maximum Gasteiger partial charge on any atom is 0.326 e. The zero-order valence-corrected chi connectivity index (χ0v) is 13.8. The number of amides is 1. The summed E-state index contributed by atoms with van der Waals surface area (Å²) in [7, 11) is 0. The van der Waals surface area contributed by atoms with Crippen LogP contribution in [0.5, 0.6) is 5.75 Å². The fourth-order valence-electron chi connectivity index (χ4n) is 2.54. The van der Waals surface area contributed by atoms with Crippen molar-refractivity contribution >= 4 is 23.5 Å². The molecule has 2 heterocycles. The number of fused-ring (bicyclic) bond motifs is 1. The highest BCUT2D eigenvalue weighted by molar-refractivity contribution is 6.02. The third-order valence-corrected chi connectivity index (χ3v) is 3.83. The number of carbonyl (C=O) groups excluding carboxylic acids is 2. The molecule has 2 N–H and O–H groups in total. The Morgan fingerprint density at radius 1 is 1.28 bits per heavy atom. The van der Waals surface area contributed by atoms with Gasteiger partial charge in [-0.3, -0.25) is 14.5 Å². The van der Waals surface area contributed by atoms with Crippen molar-refractivity contribution in [3.63, 3.8) is 0 Å². The monoisotopic (exact) mass is 341 g/mol. The number of nitrogens with two attached hydrogens (primary N) is 1. The topological polar surface area (TPSA) is 94.8 Å². The number of carbonyl (C=O) groups is 2. The standard InChI is InChI=1S/C18H19N3O4/c1-2-13-18(23)21(17-14(25-13)8-9-15(19)20-17)10-16(22)24-11-12-6-4-3-5-7-12/h3-9,13H,2,10-11H2,1H3,(H2,19,20). The number of pyridine rings is 1. The molecule has 0 saturated carbocycles. The summed E-state index contributed by atoms with van der Waals surface area (Å²) in [5.74, 6) is 0.0597. The Balaban J connectivity index is 1.74. The smallest absolute Gasteiger partial charge is 0.326 e. The van der Waals surface area contributed by atoms with Crippen molar-refractivity contribution in [3.8, 4) is 5.75 Å². The molecule has 7 nitrogen and oxygen atoms in total. The molecule has 1 unspecified atom stereocenters. The van der Waals surface area contributed by atoms with Gasteiger partial charge in [0.1, 0.15) is 19.0 Å². The zero-order chi connectivity index (χ0) is 17.8. The van der Waals surface area contributed by atoms with Crippen molar-refractivity contribution < 1.29 is 19.1 Å². The first-order chi connectivity index (χ1) is 12.1. The van der Waals surface area contributed by atoms with E-state index >= 15 is 0 Å². The van der Waals surface area contributed by atoms with Crippen LogP contribution < -0.4 is 15.4 Å². The van der Waals surface area contributed by atoms with Crippen LogP contribution in [-0.4, -0.2) is 29.5 Å². The van der Waals surface area contributed by atoms with Crippen molar-refractivity contribution in [2.75, 3.05) is 17.2 Å². The quantitative estimate of drug-likeness (QED) is 0.835. The van der Waals surface area contributed by atoms with Crippen LogP contribution >= 0.6 is 0 Å². The first-order valence-electron chi connectivity index (χ1n) is 8.02. The normalized spacial score (nSPS) is 16.1. The molecule has 0 aliphatic carbocycles. The lowest BCUT2D eigenvalue weighted by atomic mass is 10.2. The Morgan fingerprint density at radius 3 is 2.76 bits per heavy atom. The molecule has 0 fully saturated rings. The average molecular weight is 341 g/mol. The molecule has 1 aliphatic rings. The second-order valence-electron chi connectivity index (χ2n) is 5.64.